The molecule has 0 spiro atoms. The van der Waals surface area contributed by atoms with E-state index in [1.165, 1.54) is 32.1 Å². The Balaban J connectivity index is 1.82. The summed E-state index contributed by atoms with van der Waals surface area (Å²) in [5.74, 6) is 0.554. The number of hydrazone groups is 1. The van der Waals surface area contributed by atoms with E-state index in [0.717, 1.165) is 23.3 Å². The lowest BCUT2D eigenvalue weighted by Crippen LogP contribution is -2.19. The molecule has 0 aliphatic heterocycles. The minimum absolute atomic E-state index is 0.168. The summed E-state index contributed by atoms with van der Waals surface area (Å²) in [4.78, 5) is 12.0. The van der Waals surface area contributed by atoms with Crippen molar-refractivity contribution in [2.24, 2.45) is 5.10 Å². The number of halogens is 1. The van der Waals surface area contributed by atoms with Crippen molar-refractivity contribution in [3.63, 3.8) is 0 Å². The number of rotatable bonds is 12. The molecule has 0 fully saturated rings. The Morgan fingerprint density at radius 2 is 1.82 bits per heavy atom. The molecule has 2 rings (SSSR count). The van der Waals surface area contributed by atoms with Crippen LogP contribution in [-0.4, -0.2) is 18.7 Å². The van der Waals surface area contributed by atoms with Gasteiger partial charge in [0.15, 0.2) is 0 Å². The maximum atomic E-state index is 12.0. The van der Waals surface area contributed by atoms with E-state index in [9.17, 15) is 4.79 Å². The van der Waals surface area contributed by atoms with E-state index in [1.807, 2.05) is 36.4 Å². The molecular formula is C23H29ClN2O2. The number of carbonyl (C=O) groups excluding carboxylic acids is 1. The first-order chi connectivity index (χ1) is 13.7. The number of amides is 1. The van der Waals surface area contributed by atoms with Gasteiger partial charge in [-0.3, -0.25) is 4.79 Å². The van der Waals surface area contributed by atoms with Crippen LogP contribution in [0, 0.1) is 0 Å². The summed E-state index contributed by atoms with van der Waals surface area (Å²) in [5.41, 5.74) is 4.25. The van der Waals surface area contributed by atoms with Crippen molar-refractivity contribution in [1.29, 1.82) is 0 Å². The number of hydrogen-bond donors (Lipinski definition) is 1. The molecule has 1 amide bonds. The third-order valence-corrected chi connectivity index (χ3v) is 4.56. The van der Waals surface area contributed by atoms with Gasteiger partial charge in [-0.25, -0.2) is 5.43 Å². The highest BCUT2D eigenvalue weighted by molar-refractivity contribution is 6.30. The Bertz CT molecular complexity index is 748. The van der Waals surface area contributed by atoms with Crippen LogP contribution < -0.4 is 10.2 Å². The van der Waals surface area contributed by atoms with Gasteiger partial charge in [0.2, 0.25) is 5.91 Å². The molecule has 1 N–H and O–H groups in total. The average molecular weight is 401 g/mol. The molecule has 2 aromatic rings. The summed E-state index contributed by atoms with van der Waals surface area (Å²) in [6, 6.07) is 15.0. The summed E-state index contributed by atoms with van der Waals surface area (Å²) >= 11 is 6.09. The summed E-state index contributed by atoms with van der Waals surface area (Å²) in [6.07, 6.45) is 9.15. The highest BCUT2D eigenvalue weighted by Gasteiger charge is 2.05. The maximum absolute atomic E-state index is 12.0. The van der Waals surface area contributed by atoms with Crippen molar-refractivity contribution in [1.82, 2.24) is 5.43 Å². The van der Waals surface area contributed by atoms with E-state index in [1.54, 1.807) is 18.3 Å². The van der Waals surface area contributed by atoms with E-state index in [0.29, 0.717) is 11.6 Å². The van der Waals surface area contributed by atoms with E-state index >= 15 is 0 Å². The lowest BCUT2D eigenvalue weighted by molar-refractivity contribution is -0.120. The number of ether oxygens (including phenoxy) is 1. The highest BCUT2D eigenvalue weighted by atomic mass is 35.5. The second-order valence-corrected chi connectivity index (χ2v) is 7.19. The predicted molar refractivity (Wildman–Crippen MR) is 116 cm³/mol. The molecule has 28 heavy (non-hydrogen) atoms. The number of benzene rings is 2. The van der Waals surface area contributed by atoms with Gasteiger partial charge in [0.25, 0.3) is 0 Å². The van der Waals surface area contributed by atoms with Gasteiger partial charge in [-0.05, 0) is 30.2 Å². The van der Waals surface area contributed by atoms with Crippen LogP contribution in [0.15, 0.2) is 53.6 Å². The van der Waals surface area contributed by atoms with E-state index in [2.05, 4.69) is 17.5 Å². The molecule has 0 aliphatic carbocycles. The van der Waals surface area contributed by atoms with Crippen molar-refractivity contribution in [3.8, 4) is 5.75 Å². The number of unbranched alkanes of at least 4 members (excludes halogenated alkanes) is 5. The highest BCUT2D eigenvalue weighted by Crippen LogP contribution is 2.22. The predicted octanol–water partition coefficient (Wildman–Crippen LogP) is 5.77. The summed E-state index contributed by atoms with van der Waals surface area (Å²) in [5, 5.41) is 4.66. The van der Waals surface area contributed by atoms with Crippen LogP contribution in [0.3, 0.4) is 0 Å². The first-order valence-corrected chi connectivity index (χ1v) is 10.3. The van der Waals surface area contributed by atoms with Crippen LogP contribution >= 0.6 is 11.6 Å². The normalized spacial score (nSPS) is 10.9. The van der Waals surface area contributed by atoms with Crippen LogP contribution in [0.5, 0.6) is 5.75 Å². The van der Waals surface area contributed by atoms with Gasteiger partial charge in [-0.2, -0.15) is 5.10 Å². The SMILES string of the molecule is CCCCCCCCOc1ccc(Cl)cc1C=NNC(=O)Cc1ccccc1. The Labute approximate surface area is 172 Å². The molecule has 0 saturated carbocycles. The van der Waals surface area contributed by atoms with Crippen LogP contribution in [0.1, 0.15) is 56.6 Å². The number of nitrogens with zero attached hydrogens (tertiary/aromatic N) is 1. The molecule has 150 valence electrons. The first-order valence-electron chi connectivity index (χ1n) is 9.97. The van der Waals surface area contributed by atoms with Gasteiger partial charge in [0, 0.05) is 10.6 Å². The van der Waals surface area contributed by atoms with E-state index in [-0.39, 0.29) is 12.3 Å². The molecule has 0 saturated heterocycles. The minimum Gasteiger partial charge on any atom is -0.493 e. The number of nitrogens with one attached hydrogen (secondary N) is 1. The molecule has 0 unspecified atom stereocenters. The second kappa shape index (κ2) is 12.9. The molecule has 5 heteroatoms. The zero-order chi connectivity index (χ0) is 20.0. The Morgan fingerprint density at radius 1 is 1.07 bits per heavy atom. The largest absolute Gasteiger partial charge is 0.493 e. The Hall–Kier alpha value is -2.33. The van der Waals surface area contributed by atoms with Crippen LogP contribution in [0.2, 0.25) is 5.02 Å². The standard InChI is InChI=1S/C23H29ClN2O2/c1-2-3-4-5-6-10-15-28-22-14-13-21(24)17-20(22)18-25-26-23(27)16-19-11-8-7-9-12-19/h7-9,11-14,17-18H,2-6,10,15-16H2,1H3,(H,26,27). The zero-order valence-corrected chi connectivity index (χ0v) is 17.3. The third-order valence-electron chi connectivity index (χ3n) is 4.33. The van der Waals surface area contributed by atoms with Gasteiger partial charge in [-0.15, -0.1) is 0 Å². The topological polar surface area (TPSA) is 50.7 Å². The molecular weight excluding hydrogens is 372 g/mol. The van der Waals surface area contributed by atoms with E-state index in [4.69, 9.17) is 16.3 Å². The molecule has 0 atom stereocenters. The molecule has 0 aromatic heterocycles. The third kappa shape index (κ3) is 8.57. The second-order valence-electron chi connectivity index (χ2n) is 6.75. The van der Waals surface area contributed by atoms with Crippen LogP contribution in [0.25, 0.3) is 0 Å². The lowest BCUT2D eigenvalue weighted by atomic mass is 10.1. The van der Waals surface area contributed by atoms with Crippen molar-refractivity contribution >= 4 is 23.7 Å². The van der Waals surface area contributed by atoms with Gasteiger partial charge in [0.1, 0.15) is 5.75 Å². The molecule has 4 nitrogen and oxygen atoms in total. The monoisotopic (exact) mass is 400 g/mol. The van der Waals surface area contributed by atoms with Crippen LogP contribution in [-0.2, 0) is 11.2 Å². The lowest BCUT2D eigenvalue weighted by Gasteiger charge is -2.09. The maximum Gasteiger partial charge on any atom is 0.244 e. The number of hydrogen-bond acceptors (Lipinski definition) is 3. The fourth-order valence-corrected chi connectivity index (χ4v) is 2.99. The quantitative estimate of drug-likeness (QED) is 0.279. The minimum atomic E-state index is -0.168. The van der Waals surface area contributed by atoms with Crippen molar-refractivity contribution in [2.75, 3.05) is 6.61 Å². The summed E-state index contributed by atoms with van der Waals surface area (Å²) in [6.45, 7) is 2.88. The molecule has 0 heterocycles. The number of carbonyl (C=O) groups is 1. The van der Waals surface area contributed by atoms with Gasteiger partial charge in [0.05, 0.1) is 19.2 Å². The van der Waals surface area contributed by atoms with Gasteiger partial charge >= 0.3 is 0 Å². The van der Waals surface area contributed by atoms with Crippen molar-refractivity contribution in [2.45, 2.75) is 51.9 Å². The molecule has 0 aliphatic rings. The fourth-order valence-electron chi connectivity index (χ4n) is 2.81. The molecule has 0 bridgehead atoms. The molecule has 0 radical (unpaired) electrons. The van der Waals surface area contributed by atoms with Gasteiger partial charge < -0.3 is 4.74 Å². The van der Waals surface area contributed by atoms with Crippen molar-refractivity contribution < 1.29 is 9.53 Å². The van der Waals surface area contributed by atoms with Gasteiger partial charge in [-0.1, -0.05) is 81.0 Å². The Kier molecular flexibility index (Phi) is 10.2. The van der Waals surface area contributed by atoms with E-state index < -0.39 is 0 Å². The first kappa shape index (κ1) is 22.0. The van der Waals surface area contributed by atoms with Crippen LogP contribution in [0.4, 0.5) is 0 Å². The molecule has 2 aromatic carbocycles. The Morgan fingerprint density at radius 3 is 2.61 bits per heavy atom. The summed E-state index contributed by atoms with van der Waals surface area (Å²) in [7, 11) is 0. The fraction of sp³-hybridized carbons (Fsp3) is 0.391. The zero-order valence-electron chi connectivity index (χ0n) is 16.5. The smallest absolute Gasteiger partial charge is 0.244 e. The van der Waals surface area contributed by atoms with Crippen molar-refractivity contribution in [3.05, 3.63) is 64.7 Å². The summed E-state index contributed by atoms with van der Waals surface area (Å²) < 4.78 is 5.89. The average Bonchev–Trinajstić information content (AvgIpc) is 2.69.